The molecule has 0 aliphatic heterocycles. The van der Waals surface area contributed by atoms with Crippen LogP contribution in [0.25, 0.3) is 0 Å². The van der Waals surface area contributed by atoms with E-state index in [-0.39, 0.29) is 31.0 Å². The first-order chi connectivity index (χ1) is 16.0. The number of allylic oxidation sites excluding steroid dienone is 1. The van der Waals surface area contributed by atoms with Gasteiger partial charge in [0, 0.05) is 24.7 Å². The van der Waals surface area contributed by atoms with Gasteiger partial charge in [-0.15, -0.1) is 11.8 Å². The van der Waals surface area contributed by atoms with Crippen LogP contribution in [-0.2, 0) is 19.0 Å². The van der Waals surface area contributed by atoms with Gasteiger partial charge in [-0.1, -0.05) is 37.3 Å². The summed E-state index contributed by atoms with van der Waals surface area (Å²) in [6.45, 7) is 9.20. The predicted molar refractivity (Wildman–Crippen MR) is 128 cm³/mol. The number of carbonyl (C=O) groups excluding carboxylic acids is 1. The molecular weight excluding hydrogens is 436 g/mol. The molecule has 6 atom stereocenters. The van der Waals surface area contributed by atoms with E-state index in [0.717, 1.165) is 19.3 Å². The van der Waals surface area contributed by atoms with Crippen LogP contribution in [0.5, 0.6) is 0 Å². The first kappa shape index (κ1) is 27.8. The van der Waals surface area contributed by atoms with Crippen molar-refractivity contribution in [1.29, 1.82) is 0 Å². The Morgan fingerprint density at radius 1 is 1.24 bits per heavy atom. The maximum absolute atomic E-state index is 12.3. The van der Waals surface area contributed by atoms with Gasteiger partial charge in [-0.2, -0.15) is 0 Å². The van der Waals surface area contributed by atoms with E-state index >= 15 is 0 Å². The maximum Gasteiger partial charge on any atom is 0.510 e. The summed E-state index contributed by atoms with van der Waals surface area (Å²) in [5.74, 6) is 11.7. The largest absolute Gasteiger partial charge is 0.510 e. The summed E-state index contributed by atoms with van der Waals surface area (Å²) in [5, 5.41) is 19.3. The van der Waals surface area contributed by atoms with Gasteiger partial charge in [0.1, 0.15) is 12.2 Å². The second-order valence-electron chi connectivity index (χ2n) is 10.1. The van der Waals surface area contributed by atoms with Crippen molar-refractivity contribution in [1.82, 2.24) is 0 Å². The average molecular weight is 475 g/mol. The molecule has 0 aromatic rings. The van der Waals surface area contributed by atoms with Crippen molar-refractivity contribution in [2.24, 2.45) is 23.7 Å². The molecule has 0 amide bonds. The molecule has 2 aliphatic rings. The SMILES string of the molecule is CCC#CC[C@H](C)[C@@H](C#C[C@@H]1[C@H]2C/C(=C/COCC(=O)O)C[C@H]2C[C@H]1O)OC(=O)OC(C)(C)C. The first-order valence-corrected chi connectivity index (χ1v) is 12.0. The fraction of sp³-hybridized carbons (Fsp3) is 0.704. The molecule has 2 fully saturated rings. The quantitative estimate of drug-likeness (QED) is 0.247. The normalized spacial score (nSPS) is 26.5. The fourth-order valence-electron chi connectivity index (χ4n) is 4.46. The lowest BCUT2D eigenvalue weighted by atomic mass is 9.91. The van der Waals surface area contributed by atoms with Crippen LogP contribution < -0.4 is 0 Å². The predicted octanol–water partition coefficient (Wildman–Crippen LogP) is 4.18. The monoisotopic (exact) mass is 474 g/mol. The average Bonchev–Trinajstić information content (AvgIpc) is 3.23. The zero-order valence-electron chi connectivity index (χ0n) is 20.9. The van der Waals surface area contributed by atoms with Crippen LogP contribution in [0, 0.1) is 47.4 Å². The first-order valence-electron chi connectivity index (χ1n) is 12.0. The summed E-state index contributed by atoms with van der Waals surface area (Å²) in [6, 6.07) is 0. The van der Waals surface area contributed by atoms with Crippen LogP contribution in [-0.4, -0.2) is 53.4 Å². The Morgan fingerprint density at radius 3 is 2.62 bits per heavy atom. The molecule has 2 rings (SSSR count). The fourth-order valence-corrected chi connectivity index (χ4v) is 4.46. The molecule has 188 valence electrons. The minimum Gasteiger partial charge on any atom is -0.480 e. The number of aliphatic hydroxyl groups excluding tert-OH is 1. The molecule has 7 nitrogen and oxygen atoms in total. The highest BCUT2D eigenvalue weighted by Crippen LogP contribution is 2.49. The third-order valence-electron chi connectivity index (χ3n) is 6.01. The summed E-state index contributed by atoms with van der Waals surface area (Å²) in [7, 11) is 0. The highest BCUT2D eigenvalue weighted by molar-refractivity contribution is 5.68. The highest BCUT2D eigenvalue weighted by atomic mass is 16.7. The molecule has 2 saturated carbocycles. The maximum atomic E-state index is 12.3. The number of fused-ring (bicyclic) bond motifs is 1. The van der Waals surface area contributed by atoms with E-state index < -0.39 is 29.9 Å². The van der Waals surface area contributed by atoms with Crippen molar-refractivity contribution >= 4 is 12.1 Å². The Balaban J connectivity index is 2.10. The van der Waals surface area contributed by atoms with Gasteiger partial charge in [0.05, 0.1) is 12.7 Å². The third kappa shape index (κ3) is 9.05. The van der Waals surface area contributed by atoms with Crippen LogP contribution in [0.1, 0.15) is 66.7 Å². The summed E-state index contributed by atoms with van der Waals surface area (Å²) in [5.41, 5.74) is 0.541. The molecule has 34 heavy (non-hydrogen) atoms. The smallest absolute Gasteiger partial charge is 0.480 e. The summed E-state index contributed by atoms with van der Waals surface area (Å²) >= 11 is 0. The molecule has 2 N–H and O–H groups in total. The summed E-state index contributed by atoms with van der Waals surface area (Å²) < 4.78 is 16.0. The lowest BCUT2D eigenvalue weighted by Crippen LogP contribution is -2.30. The van der Waals surface area contributed by atoms with Crippen LogP contribution in [0.4, 0.5) is 4.79 Å². The van der Waals surface area contributed by atoms with Crippen molar-refractivity contribution in [3.8, 4) is 23.7 Å². The molecule has 0 bridgehead atoms. The molecule has 0 heterocycles. The van der Waals surface area contributed by atoms with Crippen LogP contribution in [0.3, 0.4) is 0 Å². The Labute approximate surface area is 203 Å². The molecular formula is C27H38O7. The minimum absolute atomic E-state index is 0.112. The molecule has 0 unspecified atom stereocenters. The summed E-state index contributed by atoms with van der Waals surface area (Å²) in [6.07, 6.45) is 3.59. The number of aliphatic hydroxyl groups is 1. The van der Waals surface area contributed by atoms with Gasteiger partial charge in [-0.3, -0.25) is 0 Å². The van der Waals surface area contributed by atoms with Gasteiger partial charge in [-0.05, 0) is 51.9 Å². The van der Waals surface area contributed by atoms with Gasteiger partial charge in [-0.25, -0.2) is 9.59 Å². The van der Waals surface area contributed by atoms with Crippen molar-refractivity contribution in [2.45, 2.75) is 84.5 Å². The topological polar surface area (TPSA) is 102 Å². The lowest BCUT2D eigenvalue weighted by molar-refractivity contribution is -0.141. The minimum atomic E-state index is -0.988. The number of ether oxygens (including phenoxy) is 3. The van der Waals surface area contributed by atoms with E-state index in [0.29, 0.717) is 18.8 Å². The van der Waals surface area contributed by atoms with Crippen LogP contribution >= 0.6 is 0 Å². The van der Waals surface area contributed by atoms with Gasteiger partial charge in [0.15, 0.2) is 6.10 Å². The molecule has 7 heteroatoms. The van der Waals surface area contributed by atoms with Gasteiger partial charge >= 0.3 is 12.1 Å². The summed E-state index contributed by atoms with van der Waals surface area (Å²) in [4.78, 5) is 22.9. The molecule has 0 aromatic heterocycles. The number of carbonyl (C=O) groups is 2. The van der Waals surface area contributed by atoms with Crippen molar-refractivity contribution in [3.05, 3.63) is 11.6 Å². The van der Waals surface area contributed by atoms with E-state index in [1.54, 1.807) is 20.8 Å². The van der Waals surface area contributed by atoms with Crippen molar-refractivity contribution < 1.29 is 34.0 Å². The van der Waals surface area contributed by atoms with E-state index in [1.165, 1.54) is 5.57 Å². The zero-order valence-corrected chi connectivity index (χ0v) is 20.9. The number of carboxylic acid groups (broad SMARTS) is 1. The Bertz CT molecular complexity index is 861. The van der Waals surface area contributed by atoms with Gasteiger partial charge in [0.25, 0.3) is 0 Å². The molecule has 0 aromatic carbocycles. The number of hydrogen-bond donors (Lipinski definition) is 2. The lowest BCUT2D eigenvalue weighted by Gasteiger charge is -2.23. The molecule has 0 spiro atoms. The third-order valence-corrected chi connectivity index (χ3v) is 6.01. The van der Waals surface area contributed by atoms with Gasteiger partial charge in [0.2, 0.25) is 0 Å². The highest BCUT2D eigenvalue weighted by Gasteiger charge is 2.45. The second-order valence-corrected chi connectivity index (χ2v) is 10.1. The Morgan fingerprint density at radius 2 is 1.97 bits per heavy atom. The number of aliphatic carboxylic acids is 1. The number of carboxylic acids is 1. The van der Waals surface area contributed by atoms with Crippen molar-refractivity contribution in [3.63, 3.8) is 0 Å². The van der Waals surface area contributed by atoms with E-state index in [2.05, 4.69) is 23.7 Å². The van der Waals surface area contributed by atoms with E-state index in [9.17, 15) is 14.7 Å². The van der Waals surface area contributed by atoms with Crippen LogP contribution in [0.15, 0.2) is 11.6 Å². The van der Waals surface area contributed by atoms with Crippen molar-refractivity contribution in [2.75, 3.05) is 13.2 Å². The molecule has 2 aliphatic carbocycles. The van der Waals surface area contributed by atoms with E-state index in [4.69, 9.17) is 19.3 Å². The zero-order chi connectivity index (χ0) is 25.3. The molecule has 0 saturated heterocycles. The van der Waals surface area contributed by atoms with E-state index in [1.807, 2.05) is 19.9 Å². The standard InChI is InChI=1S/C27H38O7/c1-6-7-8-9-18(2)24(33-26(31)34-27(3,4)5)11-10-21-22-15-19(12-13-32-17-25(29)30)14-20(22)16-23(21)28/h12,18,20-24,28H,6,9,13-17H2,1-5H3,(H,29,30)/b19-12+/t18-,20-,21+,22-,23+,24+/m0/s1. The number of hydrogen-bond acceptors (Lipinski definition) is 6. The Hall–Kier alpha value is -2.48. The second kappa shape index (κ2) is 12.8. The van der Waals surface area contributed by atoms with Crippen LogP contribution in [0.2, 0.25) is 0 Å². The number of rotatable bonds is 7. The Kier molecular flexibility index (Phi) is 10.5. The molecule has 0 radical (unpaired) electrons. The van der Waals surface area contributed by atoms with Gasteiger partial charge < -0.3 is 24.4 Å².